The van der Waals surface area contributed by atoms with E-state index in [0.717, 1.165) is 0 Å². The molecule has 0 aliphatic carbocycles. The van der Waals surface area contributed by atoms with E-state index < -0.39 is 0 Å². The summed E-state index contributed by atoms with van der Waals surface area (Å²) >= 11 is 0. The fourth-order valence-corrected chi connectivity index (χ4v) is 1.74. The number of nitrogens with one attached hydrogen (secondary N) is 1. The van der Waals surface area contributed by atoms with E-state index in [1.54, 1.807) is 31.3 Å². The summed E-state index contributed by atoms with van der Waals surface area (Å²) in [5.41, 5.74) is 1.34. The highest BCUT2D eigenvalue weighted by atomic mass is 19.1. The smallest absolute Gasteiger partial charge is 0.321 e. The molecule has 5 heteroatoms. The number of carbonyl (C=O) groups is 1. The Morgan fingerprint density at radius 3 is 2.60 bits per heavy atom. The van der Waals surface area contributed by atoms with Gasteiger partial charge >= 0.3 is 6.03 Å². The van der Waals surface area contributed by atoms with E-state index in [1.807, 2.05) is 0 Å². The molecule has 0 spiro atoms. The van der Waals surface area contributed by atoms with Crippen LogP contribution in [0.25, 0.3) is 0 Å². The molecule has 0 fully saturated rings. The van der Waals surface area contributed by atoms with E-state index in [9.17, 15) is 14.3 Å². The van der Waals surface area contributed by atoms with E-state index >= 15 is 0 Å². The van der Waals surface area contributed by atoms with Crippen LogP contribution in [0, 0.1) is 5.82 Å². The maximum absolute atomic E-state index is 13.0. The van der Waals surface area contributed by atoms with Gasteiger partial charge in [-0.2, -0.15) is 0 Å². The summed E-state index contributed by atoms with van der Waals surface area (Å²) in [5, 5.41) is 11.9. The average Bonchev–Trinajstić information content (AvgIpc) is 2.45. The zero-order valence-corrected chi connectivity index (χ0v) is 11.0. The third-order valence-corrected chi connectivity index (χ3v) is 2.87. The Morgan fingerprint density at radius 2 is 1.95 bits per heavy atom. The number of nitrogens with zero attached hydrogens (tertiary/aromatic N) is 1. The van der Waals surface area contributed by atoms with E-state index in [0.29, 0.717) is 11.3 Å². The Kier molecular flexibility index (Phi) is 4.20. The normalized spacial score (nSPS) is 10.1. The van der Waals surface area contributed by atoms with Gasteiger partial charge in [0.25, 0.3) is 0 Å². The number of benzene rings is 2. The molecule has 0 saturated heterocycles. The molecule has 20 heavy (non-hydrogen) atoms. The van der Waals surface area contributed by atoms with Crippen LogP contribution in [0.3, 0.4) is 0 Å². The molecule has 0 aromatic heterocycles. The van der Waals surface area contributed by atoms with Crippen molar-refractivity contribution in [3.63, 3.8) is 0 Å². The molecule has 2 N–H and O–H groups in total. The third-order valence-electron chi connectivity index (χ3n) is 2.87. The average molecular weight is 274 g/mol. The van der Waals surface area contributed by atoms with Crippen LogP contribution in [0.1, 0.15) is 5.56 Å². The van der Waals surface area contributed by atoms with Crippen molar-refractivity contribution in [2.75, 3.05) is 11.9 Å². The van der Waals surface area contributed by atoms with Crippen LogP contribution in [0.15, 0.2) is 48.5 Å². The van der Waals surface area contributed by atoms with Gasteiger partial charge in [-0.1, -0.05) is 12.1 Å². The maximum atomic E-state index is 13.0. The van der Waals surface area contributed by atoms with Crippen LogP contribution in [-0.2, 0) is 6.54 Å². The first-order valence-electron chi connectivity index (χ1n) is 6.11. The number of phenolic OH excluding ortho intramolecular Hbond substituents is 1. The van der Waals surface area contributed by atoms with Gasteiger partial charge < -0.3 is 10.4 Å². The molecule has 104 valence electrons. The molecule has 0 radical (unpaired) electrons. The number of halogens is 1. The summed E-state index contributed by atoms with van der Waals surface area (Å²) in [6.07, 6.45) is 0. The fraction of sp³-hybridized carbons (Fsp3) is 0.133. The quantitative estimate of drug-likeness (QED) is 0.904. The second-order valence-electron chi connectivity index (χ2n) is 4.36. The highest BCUT2D eigenvalue weighted by molar-refractivity contribution is 5.91. The highest BCUT2D eigenvalue weighted by Crippen LogP contribution is 2.17. The first kappa shape index (κ1) is 13.9. The molecule has 0 heterocycles. The van der Waals surface area contributed by atoms with Crippen molar-refractivity contribution in [1.82, 2.24) is 5.32 Å². The van der Waals surface area contributed by atoms with Crippen LogP contribution in [0.2, 0.25) is 0 Å². The Bertz CT molecular complexity index is 599. The minimum Gasteiger partial charge on any atom is -0.508 e. The molecule has 0 aliphatic rings. The lowest BCUT2D eigenvalue weighted by molar-refractivity contribution is 0.247. The second-order valence-corrected chi connectivity index (χ2v) is 4.36. The summed E-state index contributed by atoms with van der Waals surface area (Å²) in [4.78, 5) is 13.4. The third kappa shape index (κ3) is 3.47. The number of hydrogen-bond donors (Lipinski definition) is 2. The molecule has 2 rings (SSSR count). The molecule has 0 atom stereocenters. The number of rotatable bonds is 3. The van der Waals surface area contributed by atoms with E-state index in [2.05, 4.69) is 5.32 Å². The van der Waals surface area contributed by atoms with Crippen molar-refractivity contribution < 1.29 is 14.3 Å². The molecule has 0 aliphatic heterocycles. The van der Waals surface area contributed by atoms with Crippen LogP contribution in [-0.4, -0.2) is 18.2 Å². The van der Waals surface area contributed by atoms with Gasteiger partial charge in [0.15, 0.2) is 0 Å². The van der Waals surface area contributed by atoms with Crippen molar-refractivity contribution in [3.8, 4) is 5.75 Å². The molecule has 0 saturated carbocycles. The van der Waals surface area contributed by atoms with Gasteiger partial charge in [-0.05, 0) is 42.0 Å². The molecule has 2 aromatic rings. The zero-order valence-electron chi connectivity index (χ0n) is 11.0. The Labute approximate surface area is 116 Å². The Morgan fingerprint density at radius 1 is 1.25 bits per heavy atom. The lowest BCUT2D eigenvalue weighted by Gasteiger charge is -2.18. The van der Waals surface area contributed by atoms with Gasteiger partial charge in [0, 0.05) is 19.3 Å². The van der Waals surface area contributed by atoms with Crippen molar-refractivity contribution in [2.24, 2.45) is 0 Å². The monoisotopic (exact) mass is 274 g/mol. The van der Waals surface area contributed by atoms with Crippen LogP contribution < -0.4 is 10.2 Å². The first-order valence-corrected chi connectivity index (χ1v) is 6.11. The largest absolute Gasteiger partial charge is 0.508 e. The van der Waals surface area contributed by atoms with Gasteiger partial charge in [0.1, 0.15) is 11.6 Å². The molecule has 2 amide bonds. The molecule has 0 bridgehead atoms. The lowest BCUT2D eigenvalue weighted by atomic mass is 10.2. The number of amides is 2. The minimum absolute atomic E-state index is 0.141. The van der Waals surface area contributed by atoms with Gasteiger partial charge in [-0.15, -0.1) is 0 Å². The van der Waals surface area contributed by atoms with Crippen molar-refractivity contribution in [2.45, 2.75) is 6.54 Å². The summed E-state index contributed by atoms with van der Waals surface area (Å²) in [7, 11) is 1.62. The second kappa shape index (κ2) is 6.06. The standard InChI is InChI=1S/C15H15FN2O2/c1-18(13-5-7-14(19)8-6-13)15(20)17-10-11-3-2-4-12(16)9-11/h2-9,19H,10H2,1H3,(H,17,20). The topological polar surface area (TPSA) is 52.6 Å². The van der Waals surface area contributed by atoms with Crippen LogP contribution in [0.4, 0.5) is 14.9 Å². The first-order chi connectivity index (χ1) is 9.56. The number of anilines is 1. The van der Waals surface area contributed by atoms with Gasteiger partial charge in [0.05, 0.1) is 0 Å². The van der Waals surface area contributed by atoms with Crippen molar-refractivity contribution >= 4 is 11.7 Å². The molecular formula is C15H15FN2O2. The highest BCUT2D eigenvalue weighted by Gasteiger charge is 2.10. The molecule has 2 aromatic carbocycles. The molecular weight excluding hydrogens is 259 g/mol. The van der Waals surface area contributed by atoms with Gasteiger partial charge in [0.2, 0.25) is 0 Å². The van der Waals surface area contributed by atoms with Crippen LogP contribution in [0.5, 0.6) is 5.75 Å². The van der Waals surface area contributed by atoms with Crippen molar-refractivity contribution in [1.29, 1.82) is 0 Å². The number of carbonyl (C=O) groups excluding carboxylic acids is 1. The number of phenols is 1. The van der Waals surface area contributed by atoms with Crippen LogP contribution >= 0.6 is 0 Å². The molecule has 4 nitrogen and oxygen atoms in total. The Hall–Kier alpha value is -2.56. The summed E-state index contributed by atoms with van der Waals surface area (Å²) in [6.45, 7) is 0.249. The zero-order chi connectivity index (χ0) is 14.5. The maximum Gasteiger partial charge on any atom is 0.321 e. The van der Waals surface area contributed by atoms with Gasteiger partial charge in [-0.25, -0.2) is 9.18 Å². The SMILES string of the molecule is CN(C(=O)NCc1cccc(F)c1)c1ccc(O)cc1. The predicted molar refractivity (Wildman–Crippen MR) is 75.1 cm³/mol. The lowest BCUT2D eigenvalue weighted by Crippen LogP contribution is -2.36. The summed E-state index contributed by atoms with van der Waals surface area (Å²) in [6, 6.07) is 12.0. The number of urea groups is 1. The minimum atomic E-state index is -0.330. The van der Waals surface area contributed by atoms with Gasteiger partial charge in [-0.3, -0.25) is 4.90 Å². The summed E-state index contributed by atoms with van der Waals surface area (Å²) < 4.78 is 13.0. The number of aromatic hydroxyl groups is 1. The van der Waals surface area contributed by atoms with E-state index in [4.69, 9.17) is 0 Å². The summed E-state index contributed by atoms with van der Waals surface area (Å²) in [5.74, 6) is -0.189. The Balaban J connectivity index is 1.96. The predicted octanol–water partition coefficient (Wildman–Crippen LogP) is 2.88. The van der Waals surface area contributed by atoms with Crippen molar-refractivity contribution in [3.05, 3.63) is 59.9 Å². The van der Waals surface area contributed by atoms with E-state index in [1.165, 1.54) is 29.2 Å². The molecule has 0 unspecified atom stereocenters. The number of hydrogen-bond acceptors (Lipinski definition) is 2. The fourth-order valence-electron chi connectivity index (χ4n) is 1.74. The van der Waals surface area contributed by atoms with E-state index in [-0.39, 0.29) is 24.1 Å².